The van der Waals surface area contributed by atoms with Crippen molar-refractivity contribution in [2.75, 3.05) is 6.79 Å². The van der Waals surface area contributed by atoms with Gasteiger partial charge in [0.1, 0.15) is 5.65 Å². The third-order valence-corrected chi connectivity index (χ3v) is 4.40. The van der Waals surface area contributed by atoms with Crippen molar-refractivity contribution in [3.05, 3.63) is 65.5 Å². The number of fused-ring (bicyclic) bond motifs is 2. The first-order chi connectivity index (χ1) is 12.8. The molecule has 0 bridgehead atoms. The van der Waals surface area contributed by atoms with Crippen LogP contribution in [0.15, 0.2) is 64.3 Å². The van der Waals surface area contributed by atoms with E-state index in [1.807, 2.05) is 47.0 Å². The van der Waals surface area contributed by atoms with Crippen LogP contribution in [0.25, 0.3) is 17.1 Å². The molecule has 5 rings (SSSR count). The maximum atomic E-state index is 6.34. The monoisotopic (exact) mass is 365 g/mol. The second-order valence-corrected chi connectivity index (χ2v) is 6.08. The number of aromatic nitrogens is 2. The van der Waals surface area contributed by atoms with E-state index < -0.39 is 0 Å². The minimum Gasteiger partial charge on any atom is -0.463 e. The lowest BCUT2D eigenvalue weighted by Gasteiger charge is -2.02. The molecule has 0 aliphatic carbocycles. The van der Waals surface area contributed by atoms with Gasteiger partial charge >= 0.3 is 0 Å². The molecule has 1 aromatic carbocycles. The van der Waals surface area contributed by atoms with Crippen molar-refractivity contribution in [1.29, 1.82) is 0 Å². The largest absolute Gasteiger partial charge is 0.463 e. The fraction of sp³-hybridized carbons (Fsp3) is 0.0526. The summed E-state index contributed by atoms with van der Waals surface area (Å²) in [5, 5.41) is 0.534. The molecule has 4 heterocycles. The second kappa shape index (κ2) is 5.93. The highest BCUT2D eigenvalue weighted by Gasteiger charge is 2.17. The van der Waals surface area contributed by atoms with E-state index in [-0.39, 0.29) is 6.79 Å². The Hall–Kier alpha value is -3.25. The van der Waals surface area contributed by atoms with Crippen LogP contribution in [0.4, 0.5) is 5.82 Å². The summed E-state index contributed by atoms with van der Waals surface area (Å²) < 4.78 is 18.2. The van der Waals surface area contributed by atoms with E-state index in [9.17, 15) is 0 Å². The number of ether oxygens (including phenoxy) is 2. The SMILES string of the molecule is Clc1cc2c(cc1C=Nc1c(-c3ccco3)nc3ccccn13)OCO2. The standard InChI is InChI=1S/C19H12ClN3O3/c20-13-9-16-15(25-11-26-16)8-12(13)10-21-19-18(14-4-3-7-24-14)22-17-5-1-2-6-23(17)19/h1-10H,11H2. The molecule has 26 heavy (non-hydrogen) atoms. The highest BCUT2D eigenvalue weighted by atomic mass is 35.5. The molecular weight excluding hydrogens is 354 g/mol. The van der Waals surface area contributed by atoms with Crippen LogP contribution < -0.4 is 9.47 Å². The van der Waals surface area contributed by atoms with Crippen molar-refractivity contribution < 1.29 is 13.9 Å². The first-order valence-corrected chi connectivity index (χ1v) is 8.31. The summed E-state index contributed by atoms with van der Waals surface area (Å²) in [6.07, 6.45) is 5.21. The Morgan fingerprint density at radius 2 is 2.00 bits per heavy atom. The zero-order chi connectivity index (χ0) is 17.5. The predicted octanol–water partition coefficient (Wildman–Crippen LogP) is 4.73. The summed E-state index contributed by atoms with van der Waals surface area (Å²) in [6.45, 7) is 0.197. The van der Waals surface area contributed by atoms with Crippen LogP contribution in [-0.2, 0) is 0 Å². The molecule has 0 atom stereocenters. The lowest BCUT2D eigenvalue weighted by Crippen LogP contribution is -1.92. The quantitative estimate of drug-likeness (QED) is 0.492. The Bertz CT molecular complexity index is 1130. The Labute approximate surface area is 153 Å². The zero-order valence-corrected chi connectivity index (χ0v) is 14.2. The van der Waals surface area contributed by atoms with Gasteiger partial charge in [0, 0.05) is 24.0 Å². The summed E-state index contributed by atoms with van der Waals surface area (Å²) >= 11 is 6.34. The van der Waals surface area contributed by atoms with Crippen LogP contribution in [0.1, 0.15) is 5.56 Å². The molecule has 7 heteroatoms. The van der Waals surface area contributed by atoms with E-state index in [4.69, 9.17) is 25.5 Å². The minimum absolute atomic E-state index is 0.197. The molecule has 3 aromatic heterocycles. The number of nitrogens with zero attached hydrogens (tertiary/aromatic N) is 3. The topological polar surface area (TPSA) is 61.3 Å². The first-order valence-electron chi connectivity index (χ1n) is 7.94. The summed E-state index contributed by atoms with van der Waals surface area (Å²) in [5.74, 6) is 2.60. The van der Waals surface area contributed by atoms with E-state index in [0.29, 0.717) is 33.8 Å². The molecule has 0 fully saturated rings. The minimum atomic E-state index is 0.197. The van der Waals surface area contributed by atoms with Crippen LogP contribution in [0.2, 0.25) is 5.02 Å². The number of pyridine rings is 1. The van der Waals surface area contributed by atoms with Crippen molar-refractivity contribution in [1.82, 2.24) is 9.38 Å². The second-order valence-electron chi connectivity index (χ2n) is 5.68. The van der Waals surface area contributed by atoms with Gasteiger partial charge < -0.3 is 13.9 Å². The lowest BCUT2D eigenvalue weighted by atomic mass is 10.2. The smallest absolute Gasteiger partial charge is 0.231 e. The molecule has 0 saturated heterocycles. The molecule has 0 unspecified atom stereocenters. The fourth-order valence-corrected chi connectivity index (χ4v) is 3.05. The summed E-state index contributed by atoms with van der Waals surface area (Å²) in [7, 11) is 0. The van der Waals surface area contributed by atoms with Gasteiger partial charge in [0.2, 0.25) is 6.79 Å². The number of furan rings is 1. The lowest BCUT2D eigenvalue weighted by molar-refractivity contribution is 0.174. The predicted molar refractivity (Wildman–Crippen MR) is 97.7 cm³/mol. The van der Waals surface area contributed by atoms with Gasteiger partial charge in [0.25, 0.3) is 0 Å². The van der Waals surface area contributed by atoms with Crippen LogP contribution in [0.5, 0.6) is 11.5 Å². The molecule has 0 N–H and O–H groups in total. The van der Waals surface area contributed by atoms with E-state index in [2.05, 4.69) is 9.98 Å². The zero-order valence-electron chi connectivity index (χ0n) is 13.4. The summed E-state index contributed by atoms with van der Waals surface area (Å²) in [6, 6.07) is 13.0. The Balaban J connectivity index is 1.63. The molecule has 128 valence electrons. The maximum Gasteiger partial charge on any atom is 0.231 e. The van der Waals surface area contributed by atoms with Gasteiger partial charge in [-0.2, -0.15) is 0 Å². The molecule has 1 aliphatic heterocycles. The van der Waals surface area contributed by atoms with E-state index >= 15 is 0 Å². The van der Waals surface area contributed by atoms with E-state index in [0.717, 1.165) is 11.2 Å². The Morgan fingerprint density at radius 1 is 1.12 bits per heavy atom. The molecule has 0 saturated carbocycles. The van der Waals surface area contributed by atoms with Gasteiger partial charge in [-0.25, -0.2) is 9.98 Å². The third-order valence-electron chi connectivity index (χ3n) is 4.08. The Morgan fingerprint density at radius 3 is 2.85 bits per heavy atom. The van der Waals surface area contributed by atoms with Gasteiger partial charge in [-0.05, 0) is 30.3 Å². The van der Waals surface area contributed by atoms with Gasteiger partial charge in [0.05, 0.1) is 11.3 Å². The molecule has 0 spiro atoms. The number of halogens is 1. The van der Waals surface area contributed by atoms with Gasteiger partial charge in [-0.3, -0.25) is 4.40 Å². The number of hydrogen-bond donors (Lipinski definition) is 0. The van der Waals surface area contributed by atoms with Gasteiger partial charge in [-0.1, -0.05) is 17.7 Å². The molecule has 0 amide bonds. The van der Waals surface area contributed by atoms with E-state index in [1.54, 1.807) is 18.5 Å². The van der Waals surface area contributed by atoms with Crippen molar-refractivity contribution in [2.24, 2.45) is 4.99 Å². The summed E-state index contributed by atoms with van der Waals surface area (Å²) in [4.78, 5) is 9.27. The summed E-state index contributed by atoms with van der Waals surface area (Å²) in [5.41, 5.74) is 2.17. The molecule has 6 nitrogen and oxygen atoms in total. The maximum absolute atomic E-state index is 6.34. The van der Waals surface area contributed by atoms with Crippen LogP contribution in [-0.4, -0.2) is 22.4 Å². The van der Waals surface area contributed by atoms with Crippen LogP contribution in [0.3, 0.4) is 0 Å². The average Bonchev–Trinajstić information content (AvgIpc) is 3.38. The van der Waals surface area contributed by atoms with Crippen molar-refractivity contribution in [3.8, 4) is 23.0 Å². The Kier molecular flexibility index (Phi) is 3.43. The number of benzene rings is 1. The van der Waals surface area contributed by atoms with Crippen molar-refractivity contribution in [3.63, 3.8) is 0 Å². The normalized spacial score (nSPS) is 13.1. The van der Waals surface area contributed by atoms with Gasteiger partial charge in [-0.15, -0.1) is 0 Å². The highest BCUT2D eigenvalue weighted by molar-refractivity contribution is 6.33. The number of aliphatic imine (C=N–C) groups is 1. The highest BCUT2D eigenvalue weighted by Crippen LogP contribution is 2.37. The molecular formula is C19H12ClN3O3. The van der Waals surface area contributed by atoms with Crippen LogP contribution in [0, 0.1) is 0 Å². The molecule has 4 aromatic rings. The number of hydrogen-bond acceptors (Lipinski definition) is 5. The van der Waals surface area contributed by atoms with Gasteiger partial charge in [0.15, 0.2) is 28.8 Å². The number of imidazole rings is 1. The molecule has 1 aliphatic rings. The fourth-order valence-electron chi connectivity index (χ4n) is 2.85. The van der Waals surface area contributed by atoms with E-state index in [1.165, 1.54) is 0 Å². The van der Waals surface area contributed by atoms with Crippen molar-refractivity contribution >= 4 is 29.3 Å². The molecule has 0 radical (unpaired) electrons. The third kappa shape index (κ3) is 2.43. The average molecular weight is 366 g/mol. The first kappa shape index (κ1) is 15.0. The van der Waals surface area contributed by atoms with Crippen molar-refractivity contribution in [2.45, 2.75) is 0 Å². The number of rotatable bonds is 3. The van der Waals surface area contributed by atoms with Crippen LogP contribution >= 0.6 is 11.6 Å².